The van der Waals surface area contributed by atoms with Gasteiger partial charge in [0, 0.05) is 28.6 Å². The summed E-state index contributed by atoms with van der Waals surface area (Å²) in [6.07, 6.45) is 1.64. The summed E-state index contributed by atoms with van der Waals surface area (Å²) in [6.45, 7) is 6.51. The highest BCUT2D eigenvalue weighted by Gasteiger charge is 2.23. The molecule has 0 spiro atoms. The predicted molar refractivity (Wildman–Crippen MR) is 130 cm³/mol. The minimum atomic E-state index is -0.526. The number of rotatable bonds is 9. The molecule has 0 atom stereocenters. The quantitative estimate of drug-likeness (QED) is 0.225. The largest absolute Gasteiger partial charge is 0.462 e. The lowest BCUT2D eigenvalue weighted by atomic mass is 9.98. The van der Waals surface area contributed by atoms with Gasteiger partial charge in [-0.3, -0.25) is 14.9 Å². The van der Waals surface area contributed by atoms with Crippen LogP contribution in [-0.2, 0) is 11.2 Å². The second kappa shape index (κ2) is 10.9. The second-order valence-corrected chi connectivity index (χ2v) is 8.92. The summed E-state index contributed by atoms with van der Waals surface area (Å²) in [6, 6.07) is 13.3. The SMILES string of the molecule is CCCOC(=O)c1c(-c2ccc(CC(C)C)cc2)csc1NC(=O)c1ccc([N+](=O)[O-])cc1. The highest BCUT2D eigenvalue weighted by molar-refractivity contribution is 7.15. The van der Waals surface area contributed by atoms with Gasteiger partial charge in [0.15, 0.2) is 0 Å². The topological polar surface area (TPSA) is 98.5 Å². The van der Waals surface area contributed by atoms with E-state index in [2.05, 4.69) is 19.2 Å². The molecule has 0 radical (unpaired) electrons. The number of anilines is 1. The highest BCUT2D eigenvalue weighted by Crippen LogP contribution is 2.37. The number of ether oxygens (including phenoxy) is 1. The lowest BCUT2D eigenvalue weighted by molar-refractivity contribution is -0.384. The van der Waals surface area contributed by atoms with Gasteiger partial charge in [-0.15, -0.1) is 11.3 Å². The molecule has 1 N–H and O–H groups in total. The smallest absolute Gasteiger partial charge is 0.341 e. The molecule has 8 heteroatoms. The van der Waals surface area contributed by atoms with Crippen LogP contribution in [0, 0.1) is 16.0 Å². The van der Waals surface area contributed by atoms with Gasteiger partial charge >= 0.3 is 5.97 Å². The number of nitrogens with zero attached hydrogens (tertiary/aromatic N) is 1. The Morgan fingerprint density at radius 1 is 1.09 bits per heavy atom. The summed E-state index contributed by atoms with van der Waals surface area (Å²) in [4.78, 5) is 36.0. The van der Waals surface area contributed by atoms with Gasteiger partial charge in [0.2, 0.25) is 0 Å². The average molecular weight is 467 g/mol. The van der Waals surface area contributed by atoms with Gasteiger partial charge in [-0.2, -0.15) is 0 Å². The molecule has 0 saturated heterocycles. The van der Waals surface area contributed by atoms with E-state index in [9.17, 15) is 19.7 Å². The maximum atomic E-state index is 12.9. The standard InChI is InChI=1S/C25H26N2O5S/c1-4-13-32-25(29)22-21(18-7-5-17(6-8-18)14-16(2)3)15-33-24(22)26-23(28)19-9-11-20(12-10-19)27(30)31/h5-12,15-16H,4,13-14H2,1-3H3,(H,26,28). The second-order valence-electron chi connectivity index (χ2n) is 8.04. The molecule has 2 aromatic carbocycles. The van der Waals surface area contributed by atoms with Crippen LogP contribution in [0.15, 0.2) is 53.9 Å². The first-order valence-corrected chi connectivity index (χ1v) is 11.6. The number of hydrogen-bond acceptors (Lipinski definition) is 6. The molecule has 0 aliphatic rings. The van der Waals surface area contributed by atoms with Crippen LogP contribution >= 0.6 is 11.3 Å². The van der Waals surface area contributed by atoms with Crippen molar-refractivity contribution >= 4 is 33.9 Å². The van der Waals surface area contributed by atoms with Gasteiger partial charge in [-0.1, -0.05) is 45.0 Å². The Kier molecular flexibility index (Phi) is 7.95. The fraction of sp³-hybridized carbons (Fsp3) is 0.280. The summed E-state index contributed by atoms with van der Waals surface area (Å²) in [5.74, 6) is -0.425. The first-order chi connectivity index (χ1) is 15.8. The summed E-state index contributed by atoms with van der Waals surface area (Å²) < 4.78 is 5.39. The number of benzene rings is 2. The number of non-ortho nitro benzene ring substituents is 1. The third kappa shape index (κ3) is 6.04. The Balaban J connectivity index is 1.91. The Morgan fingerprint density at radius 2 is 1.76 bits per heavy atom. The summed E-state index contributed by atoms with van der Waals surface area (Å²) in [7, 11) is 0. The van der Waals surface area contributed by atoms with Crippen molar-refractivity contribution in [1.29, 1.82) is 0 Å². The van der Waals surface area contributed by atoms with Crippen molar-refractivity contribution in [3.8, 4) is 11.1 Å². The third-order valence-corrected chi connectivity index (χ3v) is 5.80. The maximum absolute atomic E-state index is 12.9. The molecule has 7 nitrogen and oxygen atoms in total. The Hall–Kier alpha value is -3.52. The molecule has 0 bridgehead atoms. The molecule has 0 saturated carbocycles. The van der Waals surface area contributed by atoms with Crippen molar-refractivity contribution in [2.45, 2.75) is 33.6 Å². The van der Waals surface area contributed by atoms with E-state index in [1.807, 2.05) is 36.6 Å². The number of carbonyl (C=O) groups excluding carboxylic acids is 2. The van der Waals surface area contributed by atoms with Gasteiger partial charge in [0.1, 0.15) is 10.6 Å². The van der Waals surface area contributed by atoms with Crippen LogP contribution in [0.1, 0.15) is 53.5 Å². The molecular formula is C25H26N2O5S. The minimum absolute atomic E-state index is 0.102. The highest BCUT2D eigenvalue weighted by atomic mass is 32.1. The molecular weight excluding hydrogens is 440 g/mol. The van der Waals surface area contributed by atoms with Gasteiger partial charge in [0.05, 0.1) is 11.5 Å². The van der Waals surface area contributed by atoms with E-state index >= 15 is 0 Å². The number of hydrogen-bond donors (Lipinski definition) is 1. The number of nitro benzene ring substituents is 1. The van der Waals surface area contributed by atoms with Crippen LogP contribution in [0.4, 0.5) is 10.7 Å². The van der Waals surface area contributed by atoms with E-state index in [0.717, 1.165) is 12.0 Å². The fourth-order valence-corrected chi connectivity index (χ4v) is 4.29. The van der Waals surface area contributed by atoms with Crippen molar-refractivity contribution in [1.82, 2.24) is 0 Å². The zero-order valence-corrected chi connectivity index (χ0v) is 19.6. The van der Waals surface area contributed by atoms with Gasteiger partial charge in [0.25, 0.3) is 11.6 Å². The molecule has 3 aromatic rings. The normalized spacial score (nSPS) is 10.8. The summed E-state index contributed by atoms with van der Waals surface area (Å²) in [5, 5.41) is 15.8. The van der Waals surface area contributed by atoms with Crippen molar-refractivity contribution in [3.63, 3.8) is 0 Å². The number of thiophene rings is 1. The van der Waals surface area contributed by atoms with E-state index in [1.165, 1.54) is 41.2 Å². The van der Waals surface area contributed by atoms with Crippen molar-refractivity contribution in [2.75, 3.05) is 11.9 Å². The molecule has 1 aromatic heterocycles. The van der Waals surface area contributed by atoms with Gasteiger partial charge < -0.3 is 10.1 Å². The number of nitro groups is 1. The van der Waals surface area contributed by atoms with E-state index < -0.39 is 16.8 Å². The van der Waals surface area contributed by atoms with Crippen LogP contribution in [0.5, 0.6) is 0 Å². The number of esters is 1. The van der Waals surface area contributed by atoms with E-state index in [4.69, 9.17) is 4.74 Å². The number of nitrogens with one attached hydrogen (secondary N) is 1. The lowest BCUT2D eigenvalue weighted by Gasteiger charge is -2.10. The monoisotopic (exact) mass is 466 g/mol. The third-order valence-electron chi connectivity index (χ3n) is 4.91. The van der Waals surface area contributed by atoms with E-state index in [1.54, 1.807) is 0 Å². The van der Waals surface area contributed by atoms with Gasteiger partial charge in [-0.25, -0.2) is 4.79 Å². The molecule has 0 aliphatic carbocycles. The van der Waals surface area contributed by atoms with Crippen molar-refractivity contribution < 1.29 is 19.2 Å². The summed E-state index contributed by atoms with van der Waals surface area (Å²) >= 11 is 1.24. The number of amides is 1. The number of carbonyl (C=O) groups is 2. The maximum Gasteiger partial charge on any atom is 0.341 e. The van der Waals surface area contributed by atoms with Crippen LogP contribution in [0.3, 0.4) is 0 Å². The molecule has 3 rings (SSSR count). The Labute approximate surface area is 196 Å². The summed E-state index contributed by atoms with van der Waals surface area (Å²) in [5.41, 5.74) is 3.22. The first kappa shape index (κ1) is 24.1. The zero-order valence-electron chi connectivity index (χ0n) is 18.8. The van der Waals surface area contributed by atoms with E-state index in [0.29, 0.717) is 28.5 Å². The fourth-order valence-electron chi connectivity index (χ4n) is 3.33. The molecule has 0 unspecified atom stereocenters. The van der Waals surface area contributed by atoms with Crippen LogP contribution in [0.2, 0.25) is 0 Å². The lowest BCUT2D eigenvalue weighted by Crippen LogP contribution is -2.15. The van der Waals surface area contributed by atoms with Crippen LogP contribution in [-0.4, -0.2) is 23.4 Å². The Morgan fingerprint density at radius 3 is 2.33 bits per heavy atom. The molecule has 33 heavy (non-hydrogen) atoms. The molecule has 172 valence electrons. The molecule has 0 fully saturated rings. The molecule has 1 amide bonds. The van der Waals surface area contributed by atoms with Crippen molar-refractivity contribution in [2.24, 2.45) is 5.92 Å². The Bertz CT molecular complexity index is 1130. The van der Waals surface area contributed by atoms with Gasteiger partial charge in [-0.05, 0) is 42.0 Å². The molecule has 0 aliphatic heterocycles. The predicted octanol–water partition coefficient (Wildman–Crippen LogP) is 6.34. The van der Waals surface area contributed by atoms with E-state index in [-0.39, 0.29) is 17.9 Å². The zero-order chi connectivity index (χ0) is 24.0. The first-order valence-electron chi connectivity index (χ1n) is 10.7. The van der Waals surface area contributed by atoms with Crippen LogP contribution in [0.25, 0.3) is 11.1 Å². The van der Waals surface area contributed by atoms with Crippen LogP contribution < -0.4 is 5.32 Å². The molecule has 1 heterocycles. The average Bonchev–Trinajstić information content (AvgIpc) is 3.21. The van der Waals surface area contributed by atoms with Crippen molar-refractivity contribution in [3.05, 3.63) is 80.7 Å². The minimum Gasteiger partial charge on any atom is -0.462 e.